The van der Waals surface area contributed by atoms with Crippen LogP contribution in [0.3, 0.4) is 0 Å². The second kappa shape index (κ2) is 8.10. The van der Waals surface area contributed by atoms with Crippen molar-refractivity contribution in [3.63, 3.8) is 0 Å². The van der Waals surface area contributed by atoms with Gasteiger partial charge in [-0.1, -0.05) is 0 Å². The minimum absolute atomic E-state index is 0.625. The van der Waals surface area contributed by atoms with E-state index >= 15 is 0 Å². The number of ether oxygens (including phenoxy) is 1. The molecule has 1 atom stereocenters. The highest BCUT2D eigenvalue weighted by molar-refractivity contribution is 5.79. The summed E-state index contributed by atoms with van der Waals surface area (Å²) >= 11 is 0. The first-order chi connectivity index (χ1) is 10.8. The summed E-state index contributed by atoms with van der Waals surface area (Å²) in [5.41, 5.74) is 0. The van der Waals surface area contributed by atoms with Gasteiger partial charge in [-0.15, -0.1) is 0 Å². The maximum absolute atomic E-state index is 5.37. The molecule has 7 nitrogen and oxygen atoms in total. The third-order valence-corrected chi connectivity index (χ3v) is 4.95. The van der Waals surface area contributed by atoms with Crippen LogP contribution in [0.1, 0.15) is 0 Å². The van der Waals surface area contributed by atoms with E-state index in [1.54, 1.807) is 0 Å². The SMILES string of the molecule is CN=C(NCCN1CCOCC1)NCC1CN2CCN1CC2. The molecule has 4 fully saturated rings. The third-order valence-electron chi connectivity index (χ3n) is 4.95. The monoisotopic (exact) mass is 310 g/mol. The minimum atomic E-state index is 0.625. The molecule has 0 saturated carbocycles. The predicted octanol–water partition coefficient (Wildman–Crippen LogP) is -1.52. The number of piperazine rings is 3. The Bertz CT molecular complexity index is 363. The smallest absolute Gasteiger partial charge is 0.191 e. The summed E-state index contributed by atoms with van der Waals surface area (Å²) in [5, 5.41) is 6.91. The van der Waals surface area contributed by atoms with Gasteiger partial charge in [0.1, 0.15) is 0 Å². The summed E-state index contributed by atoms with van der Waals surface area (Å²) in [7, 11) is 1.85. The van der Waals surface area contributed by atoms with Crippen molar-refractivity contribution in [1.29, 1.82) is 0 Å². The van der Waals surface area contributed by atoms with E-state index in [1.165, 1.54) is 32.7 Å². The van der Waals surface area contributed by atoms with E-state index in [0.717, 1.165) is 51.9 Å². The number of guanidine groups is 1. The average molecular weight is 310 g/mol. The van der Waals surface area contributed by atoms with Gasteiger partial charge in [-0.25, -0.2) is 0 Å². The Hall–Kier alpha value is -0.890. The zero-order chi connectivity index (χ0) is 15.2. The lowest BCUT2D eigenvalue weighted by atomic mass is 10.1. The van der Waals surface area contributed by atoms with Crippen LogP contribution in [-0.2, 0) is 4.74 Å². The van der Waals surface area contributed by atoms with Crippen LogP contribution in [0, 0.1) is 0 Å². The minimum Gasteiger partial charge on any atom is -0.379 e. The number of hydrogen-bond donors (Lipinski definition) is 2. The Balaban J connectivity index is 1.33. The van der Waals surface area contributed by atoms with Crippen molar-refractivity contribution in [1.82, 2.24) is 25.3 Å². The molecule has 0 aromatic heterocycles. The van der Waals surface area contributed by atoms with E-state index in [2.05, 4.69) is 30.3 Å². The largest absolute Gasteiger partial charge is 0.379 e. The fraction of sp³-hybridized carbons (Fsp3) is 0.933. The number of aliphatic imine (C=N–C) groups is 1. The summed E-state index contributed by atoms with van der Waals surface area (Å²) in [6, 6.07) is 0.625. The fourth-order valence-corrected chi connectivity index (χ4v) is 3.51. The van der Waals surface area contributed by atoms with Gasteiger partial charge >= 0.3 is 0 Å². The van der Waals surface area contributed by atoms with Gasteiger partial charge in [0.05, 0.1) is 13.2 Å². The molecule has 2 N–H and O–H groups in total. The molecule has 4 heterocycles. The van der Waals surface area contributed by atoms with E-state index in [-0.39, 0.29) is 0 Å². The van der Waals surface area contributed by atoms with Crippen molar-refractivity contribution in [3.05, 3.63) is 0 Å². The third kappa shape index (κ3) is 4.32. The lowest BCUT2D eigenvalue weighted by molar-refractivity contribution is 0.0154. The molecule has 2 bridgehead atoms. The summed E-state index contributed by atoms with van der Waals surface area (Å²) in [6.45, 7) is 12.9. The van der Waals surface area contributed by atoms with Gasteiger partial charge in [0.15, 0.2) is 5.96 Å². The highest BCUT2D eigenvalue weighted by atomic mass is 16.5. The molecule has 4 aliphatic rings. The van der Waals surface area contributed by atoms with Crippen LogP contribution in [0.15, 0.2) is 4.99 Å². The quantitative estimate of drug-likeness (QED) is 0.475. The Morgan fingerprint density at radius 1 is 1.09 bits per heavy atom. The van der Waals surface area contributed by atoms with Crippen LogP contribution in [0.25, 0.3) is 0 Å². The van der Waals surface area contributed by atoms with Crippen LogP contribution in [0.2, 0.25) is 0 Å². The summed E-state index contributed by atoms with van der Waals surface area (Å²) in [6.07, 6.45) is 0. The average Bonchev–Trinajstić information content (AvgIpc) is 2.60. The highest BCUT2D eigenvalue weighted by Gasteiger charge is 2.31. The molecule has 0 amide bonds. The molecule has 4 aliphatic heterocycles. The van der Waals surface area contributed by atoms with E-state index in [0.29, 0.717) is 6.04 Å². The lowest BCUT2D eigenvalue weighted by Gasteiger charge is -2.47. The second-order valence-corrected chi connectivity index (χ2v) is 6.32. The summed E-state index contributed by atoms with van der Waals surface area (Å²) in [5.74, 6) is 0.922. The van der Waals surface area contributed by atoms with Crippen LogP contribution < -0.4 is 10.6 Å². The molecular weight excluding hydrogens is 280 g/mol. The van der Waals surface area contributed by atoms with Crippen LogP contribution in [0.5, 0.6) is 0 Å². The summed E-state index contributed by atoms with van der Waals surface area (Å²) < 4.78 is 5.37. The normalized spacial score (nSPS) is 33.0. The number of rotatable bonds is 5. The van der Waals surface area contributed by atoms with Crippen LogP contribution in [-0.4, -0.2) is 112 Å². The van der Waals surface area contributed by atoms with Gasteiger partial charge < -0.3 is 15.4 Å². The van der Waals surface area contributed by atoms with E-state index in [9.17, 15) is 0 Å². The fourth-order valence-electron chi connectivity index (χ4n) is 3.51. The number of nitrogens with zero attached hydrogens (tertiary/aromatic N) is 4. The Morgan fingerprint density at radius 2 is 1.86 bits per heavy atom. The first-order valence-corrected chi connectivity index (χ1v) is 8.56. The van der Waals surface area contributed by atoms with Crippen molar-refractivity contribution in [2.75, 3.05) is 85.7 Å². The van der Waals surface area contributed by atoms with Crippen molar-refractivity contribution < 1.29 is 4.74 Å². The molecule has 0 aromatic carbocycles. The number of hydrogen-bond acceptors (Lipinski definition) is 5. The molecule has 22 heavy (non-hydrogen) atoms. The standard InChI is InChI=1S/C15H30N6O/c1-16-15(17-2-3-19-8-10-22-11-9-19)18-12-14-13-20-4-6-21(14)7-5-20/h14H,2-13H2,1H3,(H2,16,17,18). The van der Waals surface area contributed by atoms with Gasteiger partial charge in [0.2, 0.25) is 0 Å². The molecular formula is C15H30N6O. The second-order valence-electron chi connectivity index (χ2n) is 6.32. The Morgan fingerprint density at radius 3 is 2.50 bits per heavy atom. The molecule has 4 rings (SSSR count). The van der Waals surface area contributed by atoms with Gasteiger partial charge in [0, 0.05) is 78.5 Å². The zero-order valence-electron chi connectivity index (χ0n) is 13.8. The number of morpholine rings is 1. The van der Waals surface area contributed by atoms with E-state index < -0.39 is 0 Å². The van der Waals surface area contributed by atoms with Crippen LogP contribution >= 0.6 is 0 Å². The zero-order valence-corrected chi connectivity index (χ0v) is 13.8. The maximum Gasteiger partial charge on any atom is 0.191 e. The van der Waals surface area contributed by atoms with Gasteiger partial charge in [0.25, 0.3) is 0 Å². The summed E-state index contributed by atoms with van der Waals surface area (Å²) in [4.78, 5) is 11.9. The molecule has 0 spiro atoms. The van der Waals surface area contributed by atoms with Crippen molar-refractivity contribution in [2.24, 2.45) is 4.99 Å². The van der Waals surface area contributed by atoms with Crippen molar-refractivity contribution in [2.45, 2.75) is 6.04 Å². The lowest BCUT2D eigenvalue weighted by Crippen LogP contribution is -2.63. The first-order valence-electron chi connectivity index (χ1n) is 8.56. The molecule has 4 saturated heterocycles. The molecule has 126 valence electrons. The number of fused-ring (bicyclic) bond motifs is 3. The topological polar surface area (TPSA) is 55.4 Å². The van der Waals surface area contributed by atoms with Crippen molar-refractivity contribution >= 4 is 5.96 Å². The van der Waals surface area contributed by atoms with E-state index in [4.69, 9.17) is 4.74 Å². The molecule has 0 aliphatic carbocycles. The van der Waals surface area contributed by atoms with Gasteiger partial charge in [-0.3, -0.25) is 19.7 Å². The molecule has 0 radical (unpaired) electrons. The van der Waals surface area contributed by atoms with Crippen molar-refractivity contribution in [3.8, 4) is 0 Å². The van der Waals surface area contributed by atoms with Crippen LogP contribution in [0.4, 0.5) is 0 Å². The maximum atomic E-state index is 5.37. The van der Waals surface area contributed by atoms with E-state index in [1.807, 2.05) is 7.05 Å². The Kier molecular flexibility index (Phi) is 5.89. The molecule has 0 aromatic rings. The molecule has 1 unspecified atom stereocenters. The Labute approximate surface area is 133 Å². The van der Waals surface area contributed by atoms with Gasteiger partial charge in [-0.2, -0.15) is 0 Å². The first kappa shape index (κ1) is 16.0. The number of nitrogens with one attached hydrogen (secondary N) is 2. The predicted molar refractivity (Wildman–Crippen MR) is 88.4 cm³/mol. The highest BCUT2D eigenvalue weighted by Crippen LogP contribution is 2.14. The molecule has 7 heteroatoms. The van der Waals surface area contributed by atoms with Gasteiger partial charge in [-0.05, 0) is 0 Å².